The molecule has 0 saturated carbocycles. The number of rotatable bonds is 2. The second kappa shape index (κ2) is 5.95. The van der Waals surface area contributed by atoms with E-state index in [0.29, 0.717) is 22.8 Å². The molecular weight excluding hydrogens is 331 g/mol. The number of nitrogens with zero attached hydrogens (tertiary/aromatic N) is 3. The van der Waals surface area contributed by atoms with E-state index in [1.54, 1.807) is 12.1 Å². The fourth-order valence-corrected chi connectivity index (χ4v) is 4.55. The van der Waals surface area contributed by atoms with Gasteiger partial charge in [-0.25, -0.2) is 4.21 Å². The lowest BCUT2D eigenvalue weighted by atomic mass is 10.2. The summed E-state index contributed by atoms with van der Waals surface area (Å²) in [6, 6.07) is 6.27. The minimum Gasteiger partial charge on any atom is -0.329 e. The van der Waals surface area contributed by atoms with E-state index < -0.39 is 21.8 Å². The second-order valence-corrected chi connectivity index (χ2v) is 7.84. The number of aromatic nitrogens is 2. The molecule has 1 aromatic heterocycles. The lowest BCUT2D eigenvalue weighted by Crippen LogP contribution is -2.15. The molecule has 5 nitrogen and oxygen atoms in total. The molecule has 0 bridgehead atoms. The fraction of sp³-hybridized carbons (Fsp3) is 0.429. The van der Waals surface area contributed by atoms with Crippen LogP contribution in [0.3, 0.4) is 0 Å². The standard InChI is InChI=1S/C14H14F3N3O2S/c15-14(16,17)13-18-12(19-22-13)10-4-6-11(7-5-10)20-23(21)8-2-1-3-9-23/h4-7H,1-3,8-9H2. The van der Waals surface area contributed by atoms with Gasteiger partial charge in [0, 0.05) is 17.1 Å². The fourth-order valence-electron chi connectivity index (χ4n) is 2.34. The maximum absolute atomic E-state index is 12.5. The average Bonchev–Trinajstić information content (AvgIpc) is 2.98. The van der Waals surface area contributed by atoms with Crippen LogP contribution in [0.15, 0.2) is 33.2 Å². The van der Waals surface area contributed by atoms with Crippen LogP contribution in [0, 0.1) is 0 Å². The minimum absolute atomic E-state index is 0.147. The number of hydrogen-bond acceptors (Lipinski definition) is 5. The van der Waals surface area contributed by atoms with Gasteiger partial charge in [0.25, 0.3) is 0 Å². The third-order valence-electron chi connectivity index (χ3n) is 3.49. The van der Waals surface area contributed by atoms with Crippen LogP contribution in [0.5, 0.6) is 0 Å². The predicted octanol–water partition coefficient (Wildman–Crippen LogP) is 4.04. The highest BCUT2D eigenvalue weighted by Gasteiger charge is 2.38. The maximum Gasteiger partial charge on any atom is 0.471 e. The lowest BCUT2D eigenvalue weighted by Gasteiger charge is -2.15. The van der Waals surface area contributed by atoms with Gasteiger partial charge >= 0.3 is 12.1 Å². The molecule has 0 unspecified atom stereocenters. The van der Waals surface area contributed by atoms with Gasteiger partial charge in [-0.3, -0.25) is 0 Å². The van der Waals surface area contributed by atoms with Crippen molar-refractivity contribution in [1.29, 1.82) is 0 Å². The zero-order chi connectivity index (χ0) is 16.5. The Labute approximate surface area is 131 Å². The van der Waals surface area contributed by atoms with E-state index in [1.807, 2.05) is 0 Å². The monoisotopic (exact) mass is 345 g/mol. The summed E-state index contributed by atoms with van der Waals surface area (Å²) in [5.41, 5.74) is 0.919. The Balaban J connectivity index is 1.84. The first-order chi connectivity index (χ1) is 10.9. The molecule has 0 radical (unpaired) electrons. The van der Waals surface area contributed by atoms with Crippen LogP contribution in [0.4, 0.5) is 18.9 Å². The molecule has 1 aromatic carbocycles. The largest absolute Gasteiger partial charge is 0.471 e. The average molecular weight is 345 g/mol. The molecule has 1 aliphatic heterocycles. The number of benzene rings is 1. The molecule has 0 amide bonds. The smallest absolute Gasteiger partial charge is 0.329 e. The van der Waals surface area contributed by atoms with Crippen molar-refractivity contribution in [2.45, 2.75) is 25.4 Å². The van der Waals surface area contributed by atoms with E-state index >= 15 is 0 Å². The van der Waals surface area contributed by atoms with E-state index in [1.165, 1.54) is 12.1 Å². The Morgan fingerprint density at radius 3 is 2.30 bits per heavy atom. The van der Waals surface area contributed by atoms with Gasteiger partial charge < -0.3 is 4.52 Å². The molecule has 9 heteroatoms. The normalized spacial score (nSPS) is 17.9. The molecular formula is C14H14F3N3O2S. The Morgan fingerprint density at radius 1 is 1.09 bits per heavy atom. The van der Waals surface area contributed by atoms with Crippen molar-refractivity contribution in [3.63, 3.8) is 0 Å². The van der Waals surface area contributed by atoms with Gasteiger partial charge in [0.05, 0.1) is 15.4 Å². The van der Waals surface area contributed by atoms with Gasteiger partial charge in [-0.1, -0.05) is 11.6 Å². The van der Waals surface area contributed by atoms with E-state index in [2.05, 4.69) is 19.0 Å². The highest BCUT2D eigenvalue weighted by atomic mass is 32.2. The van der Waals surface area contributed by atoms with Crippen molar-refractivity contribution < 1.29 is 21.9 Å². The molecule has 0 N–H and O–H groups in total. The molecule has 2 aromatic rings. The van der Waals surface area contributed by atoms with Gasteiger partial charge in [-0.2, -0.15) is 22.5 Å². The Kier molecular flexibility index (Phi) is 4.13. The van der Waals surface area contributed by atoms with Crippen molar-refractivity contribution in [2.24, 2.45) is 4.36 Å². The summed E-state index contributed by atoms with van der Waals surface area (Å²) in [4.78, 5) is 3.32. The summed E-state index contributed by atoms with van der Waals surface area (Å²) in [6.45, 7) is 0. The zero-order valence-electron chi connectivity index (χ0n) is 12.0. The Hall–Kier alpha value is -1.90. The molecule has 1 fully saturated rings. The highest BCUT2D eigenvalue weighted by molar-refractivity contribution is 7.93. The molecule has 0 atom stereocenters. The van der Waals surface area contributed by atoms with Crippen molar-refractivity contribution in [1.82, 2.24) is 10.1 Å². The summed E-state index contributed by atoms with van der Waals surface area (Å²) in [7, 11) is -2.21. The maximum atomic E-state index is 12.5. The number of hydrogen-bond donors (Lipinski definition) is 0. The SMILES string of the molecule is O=S1(=Nc2ccc(-c3noc(C(F)(F)F)n3)cc2)CCCCC1. The van der Waals surface area contributed by atoms with Crippen molar-refractivity contribution in [3.8, 4) is 11.4 Å². The predicted molar refractivity (Wildman–Crippen MR) is 78.6 cm³/mol. The summed E-state index contributed by atoms with van der Waals surface area (Å²) >= 11 is 0. The van der Waals surface area contributed by atoms with Gasteiger partial charge in [0.1, 0.15) is 0 Å². The Morgan fingerprint density at radius 2 is 1.74 bits per heavy atom. The van der Waals surface area contributed by atoms with Gasteiger partial charge in [0.2, 0.25) is 5.82 Å². The third-order valence-corrected chi connectivity index (χ3v) is 5.89. The van der Waals surface area contributed by atoms with E-state index in [0.717, 1.165) is 19.3 Å². The van der Waals surface area contributed by atoms with E-state index in [4.69, 9.17) is 0 Å². The quantitative estimate of drug-likeness (QED) is 0.824. The molecule has 0 spiro atoms. The van der Waals surface area contributed by atoms with Crippen LogP contribution in [0.1, 0.15) is 25.2 Å². The van der Waals surface area contributed by atoms with Crippen LogP contribution >= 0.6 is 0 Å². The first-order valence-corrected chi connectivity index (χ1v) is 8.95. The number of halogens is 3. The molecule has 2 heterocycles. The van der Waals surface area contributed by atoms with E-state index in [9.17, 15) is 17.4 Å². The molecule has 3 rings (SSSR count). The summed E-state index contributed by atoms with van der Waals surface area (Å²) in [5.74, 6) is -0.347. The number of alkyl halides is 3. The second-order valence-electron chi connectivity index (χ2n) is 5.30. The zero-order valence-corrected chi connectivity index (χ0v) is 12.9. The third kappa shape index (κ3) is 3.72. The topological polar surface area (TPSA) is 68.3 Å². The minimum atomic E-state index is -4.67. The van der Waals surface area contributed by atoms with Gasteiger partial charge in [0.15, 0.2) is 0 Å². The van der Waals surface area contributed by atoms with Crippen molar-refractivity contribution in [3.05, 3.63) is 30.2 Å². The van der Waals surface area contributed by atoms with Crippen molar-refractivity contribution >= 4 is 15.4 Å². The summed E-state index contributed by atoms with van der Waals surface area (Å²) in [5, 5.41) is 3.32. The van der Waals surface area contributed by atoms with Gasteiger partial charge in [-0.15, -0.1) is 0 Å². The van der Waals surface area contributed by atoms with Crippen LogP contribution in [-0.2, 0) is 15.9 Å². The van der Waals surface area contributed by atoms with E-state index in [-0.39, 0.29) is 5.82 Å². The van der Waals surface area contributed by atoms with Crippen LogP contribution in [-0.4, -0.2) is 25.9 Å². The first kappa shape index (κ1) is 16.0. The van der Waals surface area contributed by atoms with Gasteiger partial charge in [-0.05, 0) is 37.1 Å². The highest BCUT2D eigenvalue weighted by Crippen LogP contribution is 2.30. The molecule has 23 heavy (non-hydrogen) atoms. The summed E-state index contributed by atoms with van der Waals surface area (Å²) in [6.07, 6.45) is -1.78. The molecule has 1 saturated heterocycles. The summed E-state index contributed by atoms with van der Waals surface area (Å²) < 4.78 is 58.3. The molecule has 1 aliphatic rings. The van der Waals surface area contributed by atoms with Crippen LogP contribution in [0.2, 0.25) is 0 Å². The Bertz CT molecular complexity index is 793. The van der Waals surface area contributed by atoms with Crippen LogP contribution in [0.25, 0.3) is 11.4 Å². The lowest BCUT2D eigenvalue weighted by molar-refractivity contribution is -0.159. The first-order valence-electron chi connectivity index (χ1n) is 7.10. The molecule has 0 aliphatic carbocycles. The van der Waals surface area contributed by atoms with Crippen molar-refractivity contribution in [2.75, 3.05) is 11.5 Å². The molecule has 124 valence electrons. The van der Waals surface area contributed by atoms with Crippen LogP contribution < -0.4 is 0 Å².